The second-order valence-electron chi connectivity index (χ2n) is 5.97. The fourth-order valence-corrected chi connectivity index (χ4v) is 2.78. The van der Waals surface area contributed by atoms with Gasteiger partial charge in [-0.25, -0.2) is 4.79 Å². The van der Waals surface area contributed by atoms with Crippen molar-refractivity contribution < 1.29 is 23.8 Å². The molecule has 2 N–H and O–H groups in total. The summed E-state index contributed by atoms with van der Waals surface area (Å²) < 4.78 is 16.1. The number of aromatic amines is 1. The number of para-hydroxylation sites is 1. The van der Waals surface area contributed by atoms with Gasteiger partial charge in [-0.2, -0.15) is 10.3 Å². The van der Waals surface area contributed by atoms with Crippen LogP contribution in [0.15, 0.2) is 24.3 Å². The minimum atomic E-state index is -0.578. The minimum absolute atomic E-state index is 0.0655. The van der Waals surface area contributed by atoms with Crippen LogP contribution in [-0.4, -0.2) is 59.8 Å². The maximum absolute atomic E-state index is 12.0. The first kappa shape index (κ1) is 18.8. The van der Waals surface area contributed by atoms with Gasteiger partial charge >= 0.3 is 5.97 Å². The minimum Gasteiger partial charge on any atom is -0.483 e. The number of ether oxygens (including phenoxy) is 3. The van der Waals surface area contributed by atoms with Crippen LogP contribution in [0, 0.1) is 0 Å². The third-order valence-corrected chi connectivity index (χ3v) is 4.07. The molecule has 9 heteroatoms. The summed E-state index contributed by atoms with van der Waals surface area (Å²) in [5, 5.41) is 13.1. The summed E-state index contributed by atoms with van der Waals surface area (Å²) in [4.78, 5) is 24.1. The number of hydrogen-bond donors (Lipinski definition) is 2. The van der Waals surface area contributed by atoms with Gasteiger partial charge in [0.05, 0.1) is 12.7 Å². The lowest BCUT2D eigenvalue weighted by molar-refractivity contribution is -0.123. The summed E-state index contributed by atoms with van der Waals surface area (Å²) in [7, 11) is 0. The zero-order chi connectivity index (χ0) is 19.1. The Bertz CT molecular complexity index is 786. The number of carbonyl (C=O) groups is 2. The SMILES string of the molecule is CCOC(=O)c1n[nH]nc1-c1ccccc1OCC(=O)NCC1CCCO1. The van der Waals surface area contributed by atoms with Crippen molar-refractivity contribution in [2.75, 3.05) is 26.4 Å². The molecule has 0 aliphatic carbocycles. The number of H-pyrrole nitrogens is 1. The fourth-order valence-electron chi connectivity index (χ4n) is 2.78. The van der Waals surface area contributed by atoms with E-state index in [1.54, 1.807) is 31.2 Å². The van der Waals surface area contributed by atoms with Crippen LogP contribution in [0.4, 0.5) is 0 Å². The Kier molecular flexibility index (Phi) is 6.37. The van der Waals surface area contributed by atoms with E-state index in [0.717, 1.165) is 19.4 Å². The van der Waals surface area contributed by atoms with E-state index in [0.29, 0.717) is 23.6 Å². The van der Waals surface area contributed by atoms with Gasteiger partial charge in [0.15, 0.2) is 12.3 Å². The average Bonchev–Trinajstić information content (AvgIpc) is 3.37. The van der Waals surface area contributed by atoms with Crippen LogP contribution < -0.4 is 10.1 Å². The van der Waals surface area contributed by atoms with Gasteiger partial charge in [0.25, 0.3) is 5.91 Å². The number of aromatic nitrogens is 3. The molecule has 1 unspecified atom stereocenters. The second kappa shape index (κ2) is 9.13. The molecule has 0 radical (unpaired) electrons. The van der Waals surface area contributed by atoms with Gasteiger partial charge in [0.1, 0.15) is 11.4 Å². The van der Waals surface area contributed by atoms with Crippen molar-refractivity contribution >= 4 is 11.9 Å². The van der Waals surface area contributed by atoms with Gasteiger partial charge in [-0.3, -0.25) is 4.79 Å². The van der Waals surface area contributed by atoms with Crippen LogP contribution >= 0.6 is 0 Å². The number of carbonyl (C=O) groups excluding carboxylic acids is 2. The number of benzene rings is 1. The van der Waals surface area contributed by atoms with E-state index >= 15 is 0 Å². The summed E-state index contributed by atoms with van der Waals surface area (Å²) in [6.45, 7) is 3.00. The Hall–Kier alpha value is -2.94. The van der Waals surface area contributed by atoms with Crippen LogP contribution in [0.1, 0.15) is 30.3 Å². The quantitative estimate of drug-likeness (QED) is 0.670. The molecule has 2 aromatic rings. The molecular weight excluding hydrogens is 352 g/mol. The molecule has 1 atom stereocenters. The van der Waals surface area contributed by atoms with E-state index in [1.165, 1.54) is 0 Å². The lowest BCUT2D eigenvalue weighted by Gasteiger charge is -2.13. The number of amides is 1. The predicted octanol–water partition coefficient (Wildman–Crippen LogP) is 1.32. The first-order valence-corrected chi connectivity index (χ1v) is 8.87. The number of esters is 1. The fraction of sp³-hybridized carbons (Fsp3) is 0.444. The van der Waals surface area contributed by atoms with E-state index in [4.69, 9.17) is 14.2 Å². The van der Waals surface area contributed by atoms with Crippen LogP contribution in [0.2, 0.25) is 0 Å². The van der Waals surface area contributed by atoms with Gasteiger partial charge in [-0.05, 0) is 31.9 Å². The maximum atomic E-state index is 12.0. The number of hydrogen-bond acceptors (Lipinski definition) is 7. The Labute approximate surface area is 156 Å². The van der Waals surface area contributed by atoms with E-state index in [1.807, 2.05) is 0 Å². The van der Waals surface area contributed by atoms with Crippen molar-refractivity contribution in [2.45, 2.75) is 25.9 Å². The highest BCUT2D eigenvalue weighted by molar-refractivity contribution is 5.94. The van der Waals surface area contributed by atoms with Crippen LogP contribution in [0.3, 0.4) is 0 Å². The normalized spacial score (nSPS) is 16.1. The van der Waals surface area contributed by atoms with Gasteiger partial charge < -0.3 is 19.5 Å². The van der Waals surface area contributed by atoms with Crippen molar-refractivity contribution in [3.05, 3.63) is 30.0 Å². The first-order chi connectivity index (χ1) is 13.2. The predicted molar refractivity (Wildman–Crippen MR) is 95.3 cm³/mol. The second-order valence-corrected chi connectivity index (χ2v) is 5.97. The molecule has 0 saturated carbocycles. The molecule has 3 rings (SSSR count). The Balaban J connectivity index is 1.65. The highest BCUT2D eigenvalue weighted by Crippen LogP contribution is 2.30. The van der Waals surface area contributed by atoms with Crippen molar-refractivity contribution in [3.63, 3.8) is 0 Å². The summed E-state index contributed by atoms with van der Waals surface area (Å²) >= 11 is 0. The third-order valence-electron chi connectivity index (χ3n) is 4.07. The smallest absolute Gasteiger partial charge is 0.361 e. The average molecular weight is 374 g/mol. The molecule has 27 heavy (non-hydrogen) atoms. The third kappa shape index (κ3) is 4.82. The molecule has 1 aromatic heterocycles. The topological polar surface area (TPSA) is 115 Å². The maximum Gasteiger partial charge on any atom is 0.361 e. The van der Waals surface area contributed by atoms with Crippen LogP contribution in [-0.2, 0) is 14.3 Å². The summed E-state index contributed by atoms with van der Waals surface area (Å²) in [6, 6.07) is 6.99. The zero-order valence-electron chi connectivity index (χ0n) is 15.1. The molecule has 1 amide bonds. The molecule has 1 fully saturated rings. The molecule has 1 saturated heterocycles. The van der Waals surface area contributed by atoms with Crippen LogP contribution in [0.5, 0.6) is 5.75 Å². The Morgan fingerprint density at radius 1 is 1.33 bits per heavy atom. The number of nitrogens with zero attached hydrogens (tertiary/aromatic N) is 2. The standard InChI is InChI=1S/C18H22N4O5/c1-2-25-18(24)17-16(20-22-21-17)13-7-3-4-8-14(13)27-11-15(23)19-10-12-6-5-9-26-12/h3-4,7-8,12H,2,5-6,9-11H2,1H3,(H,19,23)(H,20,21,22). The lowest BCUT2D eigenvalue weighted by Crippen LogP contribution is -2.35. The largest absolute Gasteiger partial charge is 0.483 e. The molecule has 9 nitrogen and oxygen atoms in total. The molecule has 0 spiro atoms. The monoisotopic (exact) mass is 374 g/mol. The Morgan fingerprint density at radius 3 is 2.96 bits per heavy atom. The molecule has 0 bridgehead atoms. The van der Waals surface area contributed by atoms with E-state index in [9.17, 15) is 9.59 Å². The van der Waals surface area contributed by atoms with Gasteiger partial charge in [-0.1, -0.05) is 12.1 Å². The molecule has 2 heterocycles. The van der Waals surface area contributed by atoms with Crippen LogP contribution in [0.25, 0.3) is 11.3 Å². The molecule has 144 valence electrons. The first-order valence-electron chi connectivity index (χ1n) is 8.87. The lowest BCUT2D eigenvalue weighted by atomic mass is 10.1. The highest BCUT2D eigenvalue weighted by Gasteiger charge is 2.22. The molecule has 1 aliphatic heterocycles. The van der Waals surface area contributed by atoms with E-state index < -0.39 is 5.97 Å². The molecule has 1 aromatic carbocycles. The molecule has 1 aliphatic rings. The van der Waals surface area contributed by atoms with E-state index in [-0.39, 0.29) is 30.9 Å². The van der Waals surface area contributed by atoms with Crippen molar-refractivity contribution in [2.24, 2.45) is 0 Å². The zero-order valence-corrected chi connectivity index (χ0v) is 15.1. The highest BCUT2D eigenvalue weighted by atomic mass is 16.5. The van der Waals surface area contributed by atoms with Crippen molar-refractivity contribution in [1.29, 1.82) is 0 Å². The molecular formula is C18H22N4O5. The summed E-state index contributed by atoms with van der Waals surface area (Å²) in [5.74, 6) is -0.402. The Morgan fingerprint density at radius 2 is 2.19 bits per heavy atom. The van der Waals surface area contributed by atoms with Gasteiger partial charge in [-0.15, -0.1) is 5.10 Å². The van der Waals surface area contributed by atoms with Gasteiger partial charge in [0, 0.05) is 18.7 Å². The van der Waals surface area contributed by atoms with Crippen molar-refractivity contribution in [3.8, 4) is 17.0 Å². The number of nitrogens with one attached hydrogen (secondary N) is 2. The van der Waals surface area contributed by atoms with Gasteiger partial charge in [0.2, 0.25) is 0 Å². The summed E-state index contributed by atoms with van der Waals surface area (Å²) in [6.07, 6.45) is 2.04. The summed E-state index contributed by atoms with van der Waals surface area (Å²) in [5.41, 5.74) is 0.917. The number of rotatable bonds is 8. The van der Waals surface area contributed by atoms with E-state index in [2.05, 4.69) is 20.7 Å². The van der Waals surface area contributed by atoms with Crippen molar-refractivity contribution in [1.82, 2.24) is 20.7 Å².